The monoisotopic (exact) mass is 302 g/mol. The molecule has 0 bridgehead atoms. The van der Waals surface area contributed by atoms with E-state index >= 15 is 0 Å². The van der Waals surface area contributed by atoms with Gasteiger partial charge in [0.05, 0.1) is 6.04 Å². The fraction of sp³-hybridized carbons (Fsp3) is 0.235. The Morgan fingerprint density at radius 2 is 1.86 bits per heavy atom. The molecule has 0 spiro atoms. The lowest BCUT2D eigenvalue weighted by Crippen LogP contribution is -2.31. The van der Waals surface area contributed by atoms with Crippen LogP contribution < -0.4 is 10.6 Å². The molecule has 0 aromatic heterocycles. The maximum absolute atomic E-state index is 12.0. The zero-order valence-electron chi connectivity index (χ0n) is 12.4. The van der Waals surface area contributed by atoms with Crippen molar-refractivity contribution in [2.75, 3.05) is 5.32 Å². The number of anilines is 1. The van der Waals surface area contributed by atoms with Gasteiger partial charge in [-0.1, -0.05) is 35.9 Å². The van der Waals surface area contributed by atoms with E-state index in [9.17, 15) is 4.79 Å². The number of amides is 2. The van der Waals surface area contributed by atoms with Gasteiger partial charge in [0.15, 0.2) is 0 Å². The zero-order valence-corrected chi connectivity index (χ0v) is 13.2. The quantitative estimate of drug-likeness (QED) is 0.837. The van der Waals surface area contributed by atoms with Gasteiger partial charge in [0.1, 0.15) is 0 Å². The third kappa shape index (κ3) is 4.23. The minimum absolute atomic E-state index is 0.0662. The van der Waals surface area contributed by atoms with Crippen molar-refractivity contribution in [1.29, 1.82) is 0 Å². The van der Waals surface area contributed by atoms with Crippen molar-refractivity contribution >= 4 is 23.3 Å². The van der Waals surface area contributed by atoms with Crippen LogP contribution in [0, 0.1) is 13.8 Å². The van der Waals surface area contributed by atoms with Crippen molar-refractivity contribution in [3.05, 3.63) is 64.2 Å². The molecule has 0 radical (unpaired) electrons. The van der Waals surface area contributed by atoms with E-state index in [0.717, 1.165) is 5.56 Å². The number of hydrogen-bond acceptors (Lipinski definition) is 1. The Hall–Kier alpha value is -2.00. The molecule has 0 heterocycles. The van der Waals surface area contributed by atoms with Crippen molar-refractivity contribution in [2.45, 2.75) is 26.8 Å². The topological polar surface area (TPSA) is 41.1 Å². The molecule has 0 saturated carbocycles. The highest BCUT2D eigenvalue weighted by Gasteiger charge is 2.10. The first-order valence-corrected chi connectivity index (χ1v) is 7.24. The van der Waals surface area contributed by atoms with Gasteiger partial charge in [-0.2, -0.15) is 0 Å². The number of aryl methyl sites for hydroxylation is 2. The molecule has 0 aliphatic carbocycles. The molecule has 3 nitrogen and oxygen atoms in total. The number of nitrogens with one attached hydrogen (secondary N) is 2. The highest BCUT2D eigenvalue weighted by Crippen LogP contribution is 2.18. The summed E-state index contributed by atoms with van der Waals surface area (Å²) in [5.74, 6) is 0. The number of urea groups is 1. The van der Waals surface area contributed by atoms with Gasteiger partial charge in [-0.15, -0.1) is 0 Å². The molecule has 1 atom stereocenters. The van der Waals surface area contributed by atoms with E-state index < -0.39 is 0 Å². The fourth-order valence-electron chi connectivity index (χ4n) is 2.05. The summed E-state index contributed by atoms with van der Waals surface area (Å²) in [6, 6.07) is 13.0. The SMILES string of the molecule is Cc1ccc([C@H](C)NC(=O)Nc2cccc(Cl)c2)cc1C. The molecule has 0 fully saturated rings. The summed E-state index contributed by atoms with van der Waals surface area (Å²) in [5.41, 5.74) is 4.22. The van der Waals surface area contributed by atoms with Crippen molar-refractivity contribution in [1.82, 2.24) is 5.32 Å². The van der Waals surface area contributed by atoms with Gasteiger partial charge in [0, 0.05) is 10.7 Å². The third-order valence-electron chi connectivity index (χ3n) is 3.46. The third-order valence-corrected chi connectivity index (χ3v) is 3.70. The lowest BCUT2D eigenvalue weighted by molar-refractivity contribution is 0.249. The molecule has 2 aromatic carbocycles. The first kappa shape index (κ1) is 15.4. The molecule has 110 valence electrons. The number of rotatable bonds is 3. The molecular formula is C17H19ClN2O. The van der Waals surface area contributed by atoms with Crippen molar-refractivity contribution < 1.29 is 4.79 Å². The fourth-order valence-corrected chi connectivity index (χ4v) is 2.24. The molecule has 2 aromatic rings. The van der Waals surface area contributed by atoms with E-state index in [1.165, 1.54) is 11.1 Å². The number of carbonyl (C=O) groups is 1. The van der Waals surface area contributed by atoms with Crippen molar-refractivity contribution in [2.24, 2.45) is 0 Å². The van der Waals surface area contributed by atoms with Crippen LogP contribution in [0.15, 0.2) is 42.5 Å². The van der Waals surface area contributed by atoms with Crippen molar-refractivity contribution in [3.63, 3.8) is 0 Å². The molecular weight excluding hydrogens is 284 g/mol. The average molecular weight is 303 g/mol. The lowest BCUT2D eigenvalue weighted by atomic mass is 10.0. The van der Waals surface area contributed by atoms with Gasteiger partial charge in [0.2, 0.25) is 0 Å². The summed E-state index contributed by atoms with van der Waals surface area (Å²) in [5, 5.41) is 6.29. The van der Waals surface area contributed by atoms with Gasteiger partial charge in [0.25, 0.3) is 0 Å². The molecule has 0 saturated heterocycles. The van der Waals surface area contributed by atoms with Gasteiger partial charge < -0.3 is 10.6 Å². The van der Waals surface area contributed by atoms with E-state index in [-0.39, 0.29) is 12.1 Å². The number of hydrogen-bond donors (Lipinski definition) is 2. The largest absolute Gasteiger partial charge is 0.331 e. The van der Waals surface area contributed by atoms with E-state index in [2.05, 4.69) is 36.6 Å². The highest BCUT2D eigenvalue weighted by atomic mass is 35.5. The van der Waals surface area contributed by atoms with Crippen LogP contribution in [0.3, 0.4) is 0 Å². The van der Waals surface area contributed by atoms with Crippen LogP contribution >= 0.6 is 11.6 Å². The number of halogens is 1. The maximum Gasteiger partial charge on any atom is 0.319 e. The van der Waals surface area contributed by atoms with Gasteiger partial charge >= 0.3 is 6.03 Å². The minimum atomic E-state index is -0.247. The van der Waals surface area contributed by atoms with Crippen LogP contribution in [0.4, 0.5) is 10.5 Å². The van der Waals surface area contributed by atoms with E-state index in [4.69, 9.17) is 11.6 Å². The molecule has 21 heavy (non-hydrogen) atoms. The summed E-state index contributed by atoms with van der Waals surface area (Å²) in [6.07, 6.45) is 0. The molecule has 2 N–H and O–H groups in total. The van der Waals surface area contributed by atoms with Crippen LogP contribution in [0.5, 0.6) is 0 Å². The van der Waals surface area contributed by atoms with Crippen LogP contribution in [-0.4, -0.2) is 6.03 Å². The number of benzene rings is 2. The van der Waals surface area contributed by atoms with Crippen LogP contribution in [0.2, 0.25) is 5.02 Å². The van der Waals surface area contributed by atoms with Crippen LogP contribution in [0.25, 0.3) is 0 Å². The Labute approximate surface area is 130 Å². The molecule has 4 heteroatoms. The normalized spacial score (nSPS) is 11.8. The smallest absolute Gasteiger partial charge is 0.319 e. The minimum Gasteiger partial charge on any atom is -0.331 e. The Kier molecular flexibility index (Phi) is 4.86. The predicted octanol–water partition coefficient (Wildman–Crippen LogP) is 4.84. The second-order valence-electron chi connectivity index (χ2n) is 5.17. The maximum atomic E-state index is 12.0. The Morgan fingerprint density at radius 1 is 1.10 bits per heavy atom. The second-order valence-corrected chi connectivity index (χ2v) is 5.61. The molecule has 0 unspecified atom stereocenters. The summed E-state index contributed by atoms with van der Waals surface area (Å²) >= 11 is 5.89. The molecule has 0 aliphatic heterocycles. The van der Waals surface area contributed by atoms with Gasteiger partial charge in [-0.25, -0.2) is 4.79 Å². The van der Waals surface area contributed by atoms with Crippen molar-refractivity contribution in [3.8, 4) is 0 Å². The Morgan fingerprint density at radius 3 is 2.52 bits per heavy atom. The van der Waals surface area contributed by atoms with Crippen LogP contribution in [-0.2, 0) is 0 Å². The first-order chi connectivity index (χ1) is 9.95. The second kappa shape index (κ2) is 6.64. The standard InChI is InChI=1S/C17H19ClN2O/c1-11-7-8-14(9-12(11)2)13(3)19-17(21)20-16-6-4-5-15(18)10-16/h4-10,13H,1-3H3,(H2,19,20,21)/t13-/m0/s1. The van der Waals surface area contributed by atoms with Gasteiger partial charge in [-0.3, -0.25) is 0 Å². The summed E-state index contributed by atoms with van der Waals surface area (Å²) < 4.78 is 0. The predicted molar refractivity (Wildman–Crippen MR) is 87.9 cm³/mol. The zero-order chi connectivity index (χ0) is 15.4. The molecule has 2 amide bonds. The van der Waals surface area contributed by atoms with E-state index in [0.29, 0.717) is 10.7 Å². The summed E-state index contributed by atoms with van der Waals surface area (Å²) in [6.45, 7) is 6.10. The van der Waals surface area contributed by atoms with Crippen LogP contribution in [0.1, 0.15) is 29.7 Å². The Bertz CT molecular complexity index is 655. The van der Waals surface area contributed by atoms with E-state index in [1.807, 2.05) is 13.0 Å². The van der Waals surface area contributed by atoms with Gasteiger partial charge in [-0.05, 0) is 55.7 Å². The number of carbonyl (C=O) groups excluding carboxylic acids is 1. The molecule has 2 rings (SSSR count). The first-order valence-electron chi connectivity index (χ1n) is 6.86. The summed E-state index contributed by atoms with van der Waals surface area (Å²) in [4.78, 5) is 12.0. The average Bonchev–Trinajstić information content (AvgIpc) is 2.41. The highest BCUT2D eigenvalue weighted by molar-refractivity contribution is 6.30. The molecule has 0 aliphatic rings. The van der Waals surface area contributed by atoms with E-state index in [1.54, 1.807) is 24.3 Å². The summed E-state index contributed by atoms with van der Waals surface area (Å²) in [7, 11) is 0. The lowest BCUT2D eigenvalue weighted by Gasteiger charge is -2.16. The Balaban J connectivity index is 2.00.